The first kappa shape index (κ1) is 42.7. The fraction of sp³-hybridized carbons (Fsp3) is 0.900. The molecule has 0 aliphatic heterocycles. The molecule has 4 nitrogen and oxygen atoms in total. The highest BCUT2D eigenvalue weighted by molar-refractivity contribution is 5.69. The zero-order valence-electron chi connectivity index (χ0n) is 29.7. The van der Waals surface area contributed by atoms with E-state index < -0.39 is 5.97 Å². The van der Waals surface area contributed by atoms with Crippen molar-refractivity contribution in [3.8, 4) is 0 Å². The van der Waals surface area contributed by atoms with E-state index in [-0.39, 0.29) is 18.5 Å². The maximum Gasteiger partial charge on any atom is 0.306 e. The minimum absolute atomic E-state index is 0.00691. The van der Waals surface area contributed by atoms with Crippen LogP contribution in [-0.2, 0) is 14.3 Å². The first-order chi connectivity index (χ1) is 21.6. The zero-order valence-corrected chi connectivity index (χ0v) is 29.7. The minimum atomic E-state index is -0.693. The molecule has 0 bridgehead atoms. The number of rotatable bonds is 36. The van der Waals surface area contributed by atoms with Gasteiger partial charge in [-0.05, 0) is 64.2 Å². The Hall–Kier alpha value is -1.32. The molecule has 0 aromatic carbocycles. The van der Waals surface area contributed by atoms with Crippen LogP contribution in [-0.4, -0.2) is 23.1 Å². The largest absolute Gasteiger partial charge is 0.481 e. The number of unbranched alkanes of at least 4 members (excludes halogenated alkanes) is 25. The first-order valence-corrected chi connectivity index (χ1v) is 19.7. The Morgan fingerprint density at radius 3 is 1.25 bits per heavy atom. The topological polar surface area (TPSA) is 63.6 Å². The molecule has 0 aromatic heterocycles. The molecular formula is C40H76O4. The Balaban J connectivity index is 3.67. The predicted molar refractivity (Wildman–Crippen MR) is 190 cm³/mol. The van der Waals surface area contributed by atoms with Crippen LogP contribution in [0.25, 0.3) is 0 Å². The van der Waals surface area contributed by atoms with Crippen LogP contribution in [0, 0.1) is 0 Å². The second-order valence-electron chi connectivity index (χ2n) is 13.5. The van der Waals surface area contributed by atoms with Gasteiger partial charge in [-0.15, -0.1) is 0 Å². The van der Waals surface area contributed by atoms with E-state index >= 15 is 0 Å². The summed E-state index contributed by atoms with van der Waals surface area (Å²) in [5.41, 5.74) is 0. The maximum atomic E-state index is 12.5. The molecule has 0 aliphatic rings. The zero-order chi connectivity index (χ0) is 32.2. The van der Waals surface area contributed by atoms with E-state index in [4.69, 9.17) is 9.84 Å². The highest BCUT2D eigenvalue weighted by Crippen LogP contribution is 2.18. The van der Waals surface area contributed by atoms with E-state index in [1.54, 1.807) is 0 Å². The van der Waals surface area contributed by atoms with Crippen molar-refractivity contribution in [2.45, 2.75) is 232 Å². The van der Waals surface area contributed by atoms with Gasteiger partial charge in [-0.25, -0.2) is 0 Å². The number of ether oxygens (including phenoxy) is 1. The molecule has 0 radical (unpaired) electrons. The van der Waals surface area contributed by atoms with Gasteiger partial charge < -0.3 is 9.84 Å². The van der Waals surface area contributed by atoms with Crippen molar-refractivity contribution >= 4 is 11.9 Å². The lowest BCUT2D eigenvalue weighted by molar-refractivity contribution is -0.150. The number of hydrogen-bond acceptors (Lipinski definition) is 3. The number of allylic oxidation sites excluding steroid dienone is 2. The Morgan fingerprint density at radius 2 is 0.818 bits per heavy atom. The summed E-state index contributed by atoms with van der Waals surface area (Å²) in [5.74, 6) is -0.686. The highest BCUT2D eigenvalue weighted by Gasteiger charge is 2.14. The molecule has 0 amide bonds. The fourth-order valence-electron chi connectivity index (χ4n) is 6.06. The summed E-state index contributed by atoms with van der Waals surface area (Å²) in [7, 11) is 0. The summed E-state index contributed by atoms with van der Waals surface area (Å²) in [6.45, 7) is 4.51. The molecule has 0 rings (SSSR count). The van der Waals surface area contributed by atoms with Crippen molar-refractivity contribution in [2.75, 3.05) is 0 Å². The van der Waals surface area contributed by atoms with E-state index in [0.29, 0.717) is 6.42 Å². The van der Waals surface area contributed by atoms with Gasteiger partial charge in [0.1, 0.15) is 6.10 Å². The Labute approximate surface area is 275 Å². The van der Waals surface area contributed by atoms with E-state index in [2.05, 4.69) is 26.0 Å². The Kier molecular flexibility index (Phi) is 35.1. The molecule has 0 spiro atoms. The van der Waals surface area contributed by atoms with Gasteiger partial charge >= 0.3 is 11.9 Å². The minimum Gasteiger partial charge on any atom is -0.481 e. The SMILES string of the molecule is CCCCCCCC/C=C\CCCCCCCCCCCCCC(=O)OC(CCCCCC)CCCCCCCCC(=O)O. The third-order valence-electron chi connectivity index (χ3n) is 8.99. The summed E-state index contributed by atoms with van der Waals surface area (Å²) < 4.78 is 5.94. The number of carboxylic acids is 1. The van der Waals surface area contributed by atoms with Gasteiger partial charge in [0.25, 0.3) is 0 Å². The molecule has 0 saturated heterocycles. The average Bonchev–Trinajstić information content (AvgIpc) is 3.01. The van der Waals surface area contributed by atoms with E-state index in [1.807, 2.05) is 0 Å². The van der Waals surface area contributed by atoms with E-state index in [0.717, 1.165) is 70.6 Å². The van der Waals surface area contributed by atoms with Gasteiger partial charge in [0.2, 0.25) is 0 Å². The molecule has 260 valence electrons. The molecule has 1 atom stereocenters. The third-order valence-corrected chi connectivity index (χ3v) is 8.99. The molecule has 4 heteroatoms. The van der Waals surface area contributed by atoms with E-state index in [9.17, 15) is 9.59 Å². The van der Waals surface area contributed by atoms with Crippen molar-refractivity contribution in [1.82, 2.24) is 0 Å². The van der Waals surface area contributed by atoms with Crippen molar-refractivity contribution in [3.63, 3.8) is 0 Å². The number of hydrogen-bond donors (Lipinski definition) is 1. The normalized spacial score (nSPS) is 12.2. The molecule has 1 unspecified atom stereocenters. The summed E-state index contributed by atoms with van der Waals surface area (Å²) in [6.07, 6.45) is 44.0. The lowest BCUT2D eigenvalue weighted by atomic mass is 10.0. The van der Waals surface area contributed by atoms with Gasteiger partial charge in [0.15, 0.2) is 0 Å². The summed E-state index contributed by atoms with van der Waals surface area (Å²) in [6, 6.07) is 0. The number of aliphatic carboxylic acids is 1. The van der Waals surface area contributed by atoms with Gasteiger partial charge in [-0.3, -0.25) is 9.59 Å². The number of carbonyl (C=O) groups excluding carboxylic acids is 1. The second-order valence-corrected chi connectivity index (χ2v) is 13.5. The average molecular weight is 621 g/mol. The van der Waals surface area contributed by atoms with Crippen LogP contribution in [0.2, 0.25) is 0 Å². The van der Waals surface area contributed by atoms with Crippen molar-refractivity contribution in [3.05, 3.63) is 12.2 Å². The van der Waals surface area contributed by atoms with Crippen LogP contribution in [0.5, 0.6) is 0 Å². The van der Waals surface area contributed by atoms with Gasteiger partial charge in [-0.2, -0.15) is 0 Å². The molecule has 0 saturated carbocycles. The molecule has 0 aliphatic carbocycles. The fourth-order valence-corrected chi connectivity index (χ4v) is 6.06. The molecule has 0 aromatic rings. The first-order valence-electron chi connectivity index (χ1n) is 19.7. The quantitative estimate of drug-likeness (QED) is 0.0430. The van der Waals surface area contributed by atoms with Gasteiger partial charge in [-0.1, -0.05) is 161 Å². The van der Waals surface area contributed by atoms with Crippen LogP contribution in [0.4, 0.5) is 0 Å². The standard InChI is InChI=1S/C40H76O4/c1-3-5-7-9-10-11-12-13-14-15-16-17-18-19-20-21-22-23-24-29-33-37-40(43)44-38(34-30-8-6-4-2)35-31-27-25-26-28-32-36-39(41)42/h13-14,38H,3-12,15-37H2,1-2H3,(H,41,42)/b14-13-. The molecule has 44 heavy (non-hydrogen) atoms. The predicted octanol–water partition coefficient (Wildman–Crippen LogP) is 13.5. The van der Waals surface area contributed by atoms with Gasteiger partial charge in [0.05, 0.1) is 0 Å². The number of esters is 1. The smallest absolute Gasteiger partial charge is 0.306 e. The van der Waals surface area contributed by atoms with Crippen LogP contribution < -0.4 is 0 Å². The van der Waals surface area contributed by atoms with Crippen LogP contribution in [0.15, 0.2) is 12.2 Å². The van der Waals surface area contributed by atoms with Crippen LogP contribution in [0.1, 0.15) is 226 Å². The van der Waals surface area contributed by atoms with E-state index in [1.165, 1.54) is 128 Å². The number of carboxylic acid groups (broad SMARTS) is 1. The highest BCUT2D eigenvalue weighted by atomic mass is 16.5. The molecule has 0 fully saturated rings. The summed E-state index contributed by atoms with van der Waals surface area (Å²) >= 11 is 0. The Morgan fingerprint density at radius 1 is 0.477 bits per heavy atom. The second kappa shape index (κ2) is 36.2. The maximum absolute atomic E-state index is 12.5. The third kappa shape index (κ3) is 35.2. The van der Waals surface area contributed by atoms with Crippen molar-refractivity contribution < 1.29 is 19.4 Å². The molecule has 1 N–H and O–H groups in total. The molecule has 0 heterocycles. The summed E-state index contributed by atoms with van der Waals surface area (Å²) in [4.78, 5) is 23.1. The number of carbonyl (C=O) groups is 2. The van der Waals surface area contributed by atoms with Crippen LogP contribution >= 0.6 is 0 Å². The Bertz CT molecular complexity index is 629. The van der Waals surface area contributed by atoms with Gasteiger partial charge in [0, 0.05) is 12.8 Å². The lowest BCUT2D eigenvalue weighted by Crippen LogP contribution is -2.18. The van der Waals surface area contributed by atoms with Crippen molar-refractivity contribution in [2.24, 2.45) is 0 Å². The summed E-state index contributed by atoms with van der Waals surface area (Å²) in [5, 5.41) is 8.74. The van der Waals surface area contributed by atoms with Crippen LogP contribution in [0.3, 0.4) is 0 Å². The monoisotopic (exact) mass is 621 g/mol. The molecular weight excluding hydrogens is 544 g/mol. The van der Waals surface area contributed by atoms with Crippen molar-refractivity contribution in [1.29, 1.82) is 0 Å². The lowest BCUT2D eigenvalue weighted by Gasteiger charge is -2.18.